The van der Waals surface area contributed by atoms with Crippen LogP contribution >= 0.6 is 0 Å². The number of carbonyl (C=O) groups excluding carboxylic acids is 2. The highest BCUT2D eigenvalue weighted by Crippen LogP contribution is 2.09. The zero-order valence-electron chi connectivity index (χ0n) is 9.38. The highest BCUT2D eigenvalue weighted by molar-refractivity contribution is 5.96. The molecule has 8 heteroatoms. The Hall–Kier alpha value is -1.67. The van der Waals surface area contributed by atoms with E-state index in [9.17, 15) is 14.4 Å². The van der Waals surface area contributed by atoms with Gasteiger partial charge >= 0.3 is 12.0 Å². The zero-order chi connectivity index (χ0) is 13.0. The maximum absolute atomic E-state index is 11.5. The molecule has 1 saturated heterocycles. The number of aliphatic carboxylic acids is 1. The van der Waals surface area contributed by atoms with Gasteiger partial charge in [-0.25, -0.2) is 9.59 Å². The van der Waals surface area contributed by atoms with Crippen molar-refractivity contribution in [2.24, 2.45) is 5.73 Å². The average molecular weight is 245 g/mol. The molecule has 96 valence electrons. The standard InChI is InChI=1S/C9H15N3O5/c1-5(7(13)11-9(10)16)12-2-3-17-6(4-12)8(14)15/h5-6H,2-4H2,1H3,(H,14,15)(H3,10,11,13,16). The smallest absolute Gasteiger partial charge is 0.334 e. The van der Waals surface area contributed by atoms with Crippen LogP contribution in [0.1, 0.15) is 6.92 Å². The van der Waals surface area contributed by atoms with Crippen molar-refractivity contribution in [3.05, 3.63) is 0 Å². The van der Waals surface area contributed by atoms with Crippen LogP contribution in [-0.2, 0) is 14.3 Å². The fraction of sp³-hybridized carbons (Fsp3) is 0.667. The van der Waals surface area contributed by atoms with Crippen molar-refractivity contribution in [3.63, 3.8) is 0 Å². The van der Waals surface area contributed by atoms with E-state index in [1.807, 2.05) is 5.32 Å². The minimum Gasteiger partial charge on any atom is -0.479 e. The molecule has 0 aromatic carbocycles. The van der Waals surface area contributed by atoms with Crippen LogP contribution in [0.4, 0.5) is 4.79 Å². The molecule has 1 aliphatic rings. The second-order valence-electron chi connectivity index (χ2n) is 3.72. The molecule has 3 amide bonds. The predicted octanol–water partition coefficient (Wildman–Crippen LogP) is -1.64. The summed E-state index contributed by atoms with van der Waals surface area (Å²) < 4.78 is 5.02. The normalized spacial score (nSPS) is 22.8. The Labute approximate surface area is 97.7 Å². The van der Waals surface area contributed by atoms with E-state index in [2.05, 4.69) is 0 Å². The molecule has 0 aromatic rings. The second kappa shape index (κ2) is 5.60. The number of carbonyl (C=O) groups is 3. The number of nitrogens with two attached hydrogens (primary N) is 1. The molecule has 4 N–H and O–H groups in total. The molecule has 2 unspecified atom stereocenters. The minimum atomic E-state index is -1.07. The van der Waals surface area contributed by atoms with Gasteiger partial charge < -0.3 is 15.6 Å². The van der Waals surface area contributed by atoms with E-state index in [1.54, 1.807) is 11.8 Å². The first-order valence-corrected chi connectivity index (χ1v) is 5.10. The Kier molecular flexibility index (Phi) is 4.41. The van der Waals surface area contributed by atoms with Crippen LogP contribution in [0.3, 0.4) is 0 Å². The molecule has 0 saturated carbocycles. The van der Waals surface area contributed by atoms with Crippen LogP contribution in [0.2, 0.25) is 0 Å². The number of ether oxygens (including phenoxy) is 1. The number of hydrogen-bond acceptors (Lipinski definition) is 5. The number of nitrogens with one attached hydrogen (secondary N) is 1. The van der Waals surface area contributed by atoms with Crippen molar-refractivity contribution >= 4 is 17.9 Å². The van der Waals surface area contributed by atoms with Crippen LogP contribution in [0.5, 0.6) is 0 Å². The first-order chi connectivity index (χ1) is 7.91. The third-order valence-electron chi connectivity index (χ3n) is 2.55. The summed E-state index contributed by atoms with van der Waals surface area (Å²) in [6.45, 7) is 2.33. The van der Waals surface area contributed by atoms with E-state index >= 15 is 0 Å². The summed E-state index contributed by atoms with van der Waals surface area (Å²) in [5.41, 5.74) is 4.83. The molecule has 8 nitrogen and oxygen atoms in total. The summed E-state index contributed by atoms with van der Waals surface area (Å²) in [5, 5.41) is 10.7. The monoisotopic (exact) mass is 245 g/mol. The minimum absolute atomic E-state index is 0.0999. The Morgan fingerprint density at radius 3 is 2.71 bits per heavy atom. The van der Waals surface area contributed by atoms with Gasteiger partial charge in [0.05, 0.1) is 12.6 Å². The number of hydrogen-bond donors (Lipinski definition) is 3. The van der Waals surface area contributed by atoms with E-state index < -0.39 is 30.1 Å². The van der Waals surface area contributed by atoms with Crippen LogP contribution in [0.15, 0.2) is 0 Å². The average Bonchev–Trinajstić information content (AvgIpc) is 2.27. The maximum Gasteiger partial charge on any atom is 0.334 e. The molecular formula is C9H15N3O5. The van der Waals surface area contributed by atoms with Gasteiger partial charge in [0.25, 0.3) is 0 Å². The number of rotatable bonds is 3. The van der Waals surface area contributed by atoms with Crippen LogP contribution < -0.4 is 11.1 Å². The molecular weight excluding hydrogens is 230 g/mol. The molecule has 1 heterocycles. The molecule has 0 bridgehead atoms. The Balaban J connectivity index is 2.56. The number of primary amides is 1. The van der Waals surface area contributed by atoms with Crippen molar-refractivity contribution in [3.8, 4) is 0 Å². The quantitative estimate of drug-likeness (QED) is 0.548. The molecule has 0 spiro atoms. The van der Waals surface area contributed by atoms with E-state index in [0.29, 0.717) is 6.54 Å². The third kappa shape index (κ3) is 3.68. The second-order valence-corrected chi connectivity index (χ2v) is 3.72. The van der Waals surface area contributed by atoms with Crippen LogP contribution in [0, 0.1) is 0 Å². The predicted molar refractivity (Wildman–Crippen MR) is 56.1 cm³/mol. The van der Waals surface area contributed by atoms with Crippen molar-refractivity contribution < 1.29 is 24.2 Å². The number of morpholine rings is 1. The van der Waals surface area contributed by atoms with Gasteiger partial charge in [0.15, 0.2) is 6.10 Å². The Morgan fingerprint density at radius 2 is 2.18 bits per heavy atom. The summed E-state index contributed by atoms with van der Waals surface area (Å²) in [6, 6.07) is -1.56. The lowest BCUT2D eigenvalue weighted by atomic mass is 10.2. The number of carboxylic acids is 1. The summed E-state index contributed by atoms with van der Waals surface area (Å²) in [5.74, 6) is -1.62. The van der Waals surface area contributed by atoms with Gasteiger partial charge in [0, 0.05) is 13.1 Å². The van der Waals surface area contributed by atoms with Gasteiger partial charge in [0.2, 0.25) is 5.91 Å². The van der Waals surface area contributed by atoms with Gasteiger partial charge in [-0.1, -0.05) is 0 Å². The topological polar surface area (TPSA) is 122 Å². The summed E-state index contributed by atoms with van der Waals surface area (Å²) in [4.78, 5) is 34.4. The highest BCUT2D eigenvalue weighted by Gasteiger charge is 2.31. The molecule has 1 fully saturated rings. The van der Waals surface area contributed by atoms with Crippen LogP contribution in [0.25, 0.3) is 0 Å². The lowest BCUT2D eigenvalue weighted by Crippen LogP contribution is -2.55. The Morgan fingerprint density at radius 1 is 1.53 bits per heavy atom. The molecule has 2 atom stereocenters. The Bertz CT molecular complexity index is 333. The number of imide groups is 1. The fourth-order valence-electron chi connectivity index (χ4n) is 1.56. The van der Waals surface area contributed by atoms with Crippen molar-refractivity contribution in [2.45, 2.75) is 19.1 Å². The largest absolute Gasteiger partial charge is 0.479 e. The fourth-order valence-corrected chi connectivity index (χ4v) is 1.56. The van der Waals surface area contributed by atoms with Gasteiger partial charge in [-0.2, -0.15) is 0 Å². The maximum atomic E-state index is 11.5. The number of amides is 3. The summed E-state index contributed by atoms with van der Waals surface area (Å²) in [7, 11) is 0. The summed E-state index contributed by atoms with van der Waals surface area (Å²) >= 11 is 0. The van der Waals surface area contributed by atoms with E-state index in [0.717, 1.165) is 0 Å². The number of carboxylic acid groups (broad SMARTS) is 1. The van der Waals surface area contributed by atoms with Crippen LogP contribution in [-0.4, -0.2) is 59.8 Å². The molecule has 0 aliphatic carbocycles. The first-order valence-electron chi connectivity index (χ1n) is 5.10. The van der Waals surface area contributed by atoms with Gasteiger partial charge in [-0.15, -0.1) is 0 Å². The van der Waals surface area contributed by atoms with Crippen molar-refractivity contribution in [2.75, 3.05) is 19.7 Å². The van der Waals surface area contributed by atoms with E-state index in [-0.39, 0.29) is 13.2 Å². The molecule has 1 rings (SSSR count). The molecule has 1 aliphatic heterocycles. The van der Waals surface area contributed by atoms with Gasteiger partial charge in [-0.05, 0) is 6.92 Å². The lowest BCUT2D eigenvalue weighted by molar-refractivity contribution is -0.158. The molecule has 0 aromatic heterocycles. The zero-order valence-corrected chi connectivity index (χ0v) is 9.38. The SMILES string of the molecule is CC(C(=O)NC(N)=O)N1CCOC(C(=O)O)C1. The van der Waals surface area contributed by atoms with Gasteiger partial charge in [-0.3, -0.25) is 15.0 Å². The lowest BCUT2D eigenvalue weighted by Gasteiger charge is -2.34. The van der Waals surface area contributed by atoms with Gasteiger partial charge in [0.1, 0.15) is 0 Å². The first kappa shape index (κ1) is 13.4. The molecule has 0 radical (unpaired) electrons. The number of urea groups is 1. The van der Waals surface area contributed by atoms with E-state index in [4.69, 9.17) is 15.6 Å². The molecule has 17 heavy (non-hydrogen) atoms. The van der Waals surface area contributed by atoms with Crippen molar-refractivity contribution in [1.29, 1.82) is 0 Å². The summed E-state index contributed by atoms with van der Waals surface area (Å²) in [6.07, 6.45) is -0.951. The third-order valence-corrected chi connectivity index (χ3v) is 2.55. The number of nitrogens with zero attached hydrogens (tertiary/aromatic N) is 1. The van der Waals surface area contributed by atoms with Crippen molar-refractivity contribution in [1.82, 2.24) is 10.2 Å². The highest BCUT2D eigenvalue weighted by atomic mass is 16.5. The van der Waals surface area contributed by atoms with E-state index in [1.165, 1.54) is 0 Å².